The van der Waals surface area contributed by atoms with Gasteiger partial charge in [0.25, 0.3) is 0 Å². The maximum Gasteiger partial charge on any atom is 0.408 e. The van der Waals surface area contributed by atoms with Crippen LogP contribution in [0.2, 0.25) is 0 Å². The van der Waals surface area contributed by atoms with Gasteiger partial charge in [0.2, 0.25) is 6.04 Å². The van der Waals surface area contributed by atoms with Crippen LogP contribution < -0.4 is 5.32 Å². The summed E-state index contributed by atoms with van der Waals surface area (Å²) in [5, 5.41) is 2.80. The first-order valence-corrected chi connectivity index (χ1v) is 5.78. The lowest BCUT2D eigenvalue weighted by Gasteiger charge is -2.26. The summed E-state index contributed by atoms with van der Waals surface area (Å²) in [4.78, 5) is 15.1. The van der Waals surface area contributed by atoms with Crippen molar-refractivity contribution in [3.05, 3.63) is 11.4 Å². The second-order valence-corrected chi connectivity index (χ2v) is 5.23. The van der Waals surface area contributed by atoms with Gasteiger partial charge in [-0.3, -0.25) is 0 Å². The summed E-state index contributed by atoms with van der Waals surface area (Å²) in [6.07, 6.45) is 3.51. The number of alkyl carbamates (subject to hydrolysis) is 1. The smallest absolute Gasteiger partial charge is 0.408 e. The van der Waals surface area contributed by atoms with Gasteiger partial charge in [0.1, 0.15) is 11.6 Å². The number of amides is 1. The normalized spacial score (nSPS) is 25.6. The largest absolute Gasteiger partial charge is 0.444 e. The predicted octanol–water partition coefficient (Wildman–Crippen LogP) is 2.74. The monoisotopic (exact) mass is 224 g/mol. The molecule has 2 atom stereocenters. The fraction of sp³-hybridized carbons (Fsp3) is 0.833. The first-order chi connectivity index (χ1) is 7.42. The maximum absolute atomic E-state index is 11.6. The molecule has 1 fully saturated rings. The molecular weight excluding hydrogens is 204 g/mol. The van der Waals surface area contributed by atoms with Crippen molar-refractivity contribution in [1.29, 1.82) is 0 Å². The summed E-state index contributed by atoms with van der Waals surface area (Å²) >= 11 is 0. The van der Waals surface area contributed by atoms with Gasteiger partial charge in [0, 0.05) is 6.42 Å². The van der Waals surface area contributed by atoms with E-state index in [0.717, 1.165) is 25.7 Å². The molecule has 0 bridgehead atoms. The van der Waals surface area contributed by atoms with Gasteiger partial charge >= 0.3 is 6.09 Å². The molecule has 0 heterocycles. The highest BCUT2D eigenvalue weighted by molar-refractivity contribution is 5.68. The summed E-state index contributed by atoms with van der Waals surface area (Å²) in [7, 11) is 0. The molecular formula is C12H20N2O2. The van der Waals surface area contributed by atoms with Crippen LogP contribution in [0.1, 0.15) is 46.5 Å². The summed E-state index contributed by atoms with van der Waals surface area (Å²) < 4.78 is 5.18. The van der Waals surface area contributed by atoms with Gasteiger partial charge < -0.3 is 14.9 Å². The molecule has 1 rings (SSSR count). The number of carbonyl (C=O) groups excluding carboxylic acids is 1. The average Bonchev–Trinajstić information content (AvgIpc) is 2.15. The van der Waals surface area contributed by atoms with Crippen LogP contribution in [0.5, 0.6) is 0 Å². The van der Waals surface area contributed by atoms with E-state index >= 15 is 0 Å². The molecule has 0 spiro atoms. The van der Waals surface area contributed by atoms with Crippen LogP contribution in [-0.4, -0.2) is 23.8 Å². The maximum atomic E-state index is 11.6. The molecule has 2 unspecified atom stereocenters. The highest BCUT2D eigenvalue weighted by Crippen LogP contribution is 2.21. The van der Waals surface area contributed by atoms with E-state index in [-0.39, 0.29) is 12.1 Å². The van der Waals surface area contributed by atoms with Crippen molar-refractivity contribution in [3.63, 3.8) is 0 Å². The summed E-state index contributed by atoms with van der Waals surface area (Å²) in [6.45, 7) is 12.6. The SMILES string of the molecule is [C-]#[N+]C1CCCCC1NC(=O)OC(C)(C)C. The standard InChI is InChI=1S/C12H20N2O2/c1-12(2,3)16-11(15)14-10-8-6-5-7-9(10)13-4/h9-10H,5-8H2,1-3H3,(H,14,15). The molecule has 16 heavy (non-hydrogen) atoms. The topological polar surface area (TPSA) is 42.7 Å². The van der Waals surface area contributed by atoms with E-state index in [9.17, 15) is 4.79 Å². The fourth-order valence-corrected chi connectivity index (χ4v) is 1.89. The van der Waals surface area contributed by atoms with Gasteiger partial charge in [-0.1, -0.05) is 6.42 Å². The molecule has 0 saturated heterocycles. The molecule has 1 aliphatic carbocycles. The van der Waals surface area contributed by atoms with E-state index in [1.165, 1.54) is 0 Å². The Hall–Kier alpha value is -1.24. The lowest BCUT2D eigenvalue weighted by molar-refractivity contribution is 0.0490. The third kappa shape index (κ3) is 4.09. The first-order valence-electron chi connectivity index (χ1n) is 5.78. The van der Waals surface area contributed by atoms with Crippen LogP contribution in [0.15, 0.2) is 0 Å². The van der Waals surface area contributed by atoms with Gasteiger partial charge in [0.15, 0.2) is 0 Å². The van der Waals surface area contributed by atoms with Crippen molar-refractivity contribution < 1.29 is 9.53 Å². The van der Waals surface area contributed by atoms with E-state index in [2.05, 4.69) is 10.2 Å². The van der Waals surface area contributed by atoms with Crippen LogP contribution in [-0.2, 0) is 4.74 Å². The highest BCUT2D eigenvalue weighted by Gasteiger charge is 2.32. The Labute approximate surface area is 97.2 Å². The van der Waals surface area contributed by atoms with Crippen LogP contribution >= 0.6 is 0 Å². The van der Waals surface area contributed by atoms with Gasteiger partial charge in [-0.25, -0.2) is 11.4 Å². The Morgan fingerprint density at radius 3 is 2.56 bits per heavy atom. The highest BCUT2D eigenvalue weighted by atomic mass is 16.6. The van der Waals surface area contributed by atoms with E-state index in [1.54, 1.807) is 0 Å². The Bertz CT molecular complexity index is 288. The second kappa shape index (κ2) is 5.20. The lowest BCUT2D eigenvalue weighted by atomic mass is 9.91. The Kier molecular flexibility index (Phi) is 4.17. The lowest BCUT2D eigenvalue weighted by Crippen LogP contribution is -2.45. The zero-order chi connectivity index (χ0) is 12.2. The molecule has 90 valence electrons. The Morgan fingerprint density at radius 2 is 2.00 bits per heavy atom. The molecule has 1 amide bonds. The number of carbonyl (C=O) groups is 1. The predicted molar refractivity (Wildman–Crippen MR) is 62.0 cm³/mol. The Balaban J connectivity index is 2.46. The number of nitrogens with one attached hydrogen (secondary N) is 1. The minimum atomic E-state index is -0.480. The van der Waals surface area contributed by atoms with Gasteiger partial charge in [0.05, 0.1) is 0 Å². The molecule has 0 aromatic rings. The summed E-state index contributed by atoms with van der Waals surface area (Å²) in [6, 6.07) is -0.123. The fourth-order valence-electron chi connectivity index (χ4n) is 1.89. The van der Waals surface area contributed by atoms with Gasteiger partial charge in [-0.05, 0) is 33.6 Å². The molecule has 0 radical (unpaired) electrons. The van der Waals surface area contributed by atoms with E-state index in [4.69, 9.17) is 11.3 Å². The average molecular weight is 224 g/mol. The second-order valence-electron chi connectivity index (χ2n) is 5.23. The molecule has 1 aliphatic rings. The number of nitrogens with zero attached hydrogens (tertiary/aromatic N) is 1. The van der Waals surface area contributed by atoms with Crippen molar-refractivity contribution in [1.82, 2.24) is 5.32 Å². The van der Waals surface area contributed by atoms with Gasteiger partial charge in [-0.2, -0.15) is 0 Å². The third-order valence-electron chi connectivity index (χ3n) is 2.60. The number of rotatable bonds is 1. The molecule has 0 aliphatic heterocycles. The van der Waals surface area contributed by atoms with E-state index < -0.39 is 11.7 Å². The van der Waals surface area contributed by atoms with Crippen molar-refractivity contribution >= 4 is 6.09 Å². The quantitative estimate of drug-likeness (QED) is 0.696. The van der Waals surface area contributed by atoms with Gasteiger partial charge in [-0.15, -0.1) is 0 Å². The van der Waals surface area contributed by atoms with Crippen molar-refractivity contribution in [2.45, 2.75) is 64.1 Å². The first kappa shape index (κ1) is 12.8. The van der Waals surface area contributed by atoms with Crippen LogP contribution in [0.4, 0.5) is 4.79 Å². The minimum absolute atomic E-state index is 0.0406. The van der Waals surface area contributed by atoms with E-state index in [1.807, 2.05) is 20.8 Å². The van der Waals surface area contributed by atoms with E-state index in [0.29, 0.717) is 0 Å². The number of hydrogen-bond donors (Lipinski definition) is 1. The molecule has 1 N–H and O–H groups in total. The van der Waals surface area contributed by atoms with Crippen molar-refractivity contribution in [3.8, 4) is 0 Å². The molecule has 1 saturated carbocycles. The summed E-state index contributed by atoms with van der Waals surface area (Å²) in [5.74, 6) is 0. The van der Waals surface area contributed by atoms with Crippen molar-refractivity contribution in [2.24, 2.45) is 0 Å². The van der Waals surface area contributed by atoms with Crippen LogP contribution in [0, 0.1) is 6.57 Å². The molecule has 4 nitrogen and oxygen atoms in total. The number of hydrogen-bond acceptors (Lipinski definition) is 2. The molecule has 0 aromatic carbocycles. The van der Waals surface area contributed by atoms with Crippen LogP contribution in [0.3, 0.4) is 0 Å². The molecule has 0 aromatic heterocycles. The van der Waals surface area contributed by atoms with Crippen LogP contribution in [0.25, 0.3) is 4.85 Å². The zero-order valence-corrected chi connectivity index (χ0v) is 10.2. The Morgan fingerprint density at radius 1 is 1.38 bits per heavy atom. The van der Waals surface area contributed by atoms with Crippen molar-refractivity contribution in [2.75, 3.05) is 0 Å². The number of ether oxygens (including phenoxy) is 1. The summed E-state index contributed by atoms with van der Waals surface area (Å²) in [5.41, 5.74) is -0.480. The minimum Gasteiger partial charge on any atom is -0.444 e. The zero-order valence-electron chi connectivity index (χ0n) is 10.2. The molecule has 4 heteroatoms. The third-order valence-corrected chi connectivity index (χ3v) is 2.60.